The van der Waals surface area contributed by atoms with Crippen molar-refractivity contribution in [3.63, 3.8) is 0 Å². The topological polar surface area (TPSA) is 26.0 Å². The lowest BCUT2D eigenvalue weighted by atomic mass is 10.1. The van der Waals surface area contributed by atoms with E-state index < -0.39 is 0 Å². The van der Waals surface area contributed by atoms with Crippen LogP contribution in [0.1, 0.15) is 23.3 Å². The van der Waals surface area contributed by atoms with Crippen LogP contribution in [0, 0.1) is 6.92 Å². The predicted molar refractivity (Wildman–Crippen MR) is 84.9 cm³/mol. The average Bonchev–Trinajstić information content (AvgIpc) is 2.37. The third kappa shape index (κ3) is 3.75. The van der Waals surface area contributed by atoms with E-state index in [1.807, 2.05) is 25.1 Å². The van der Waals surface area contributed by atoms with Crippen molar-refractivity contribution in [3.8, 4) is 0 Å². The number of rotatable bonds is 4. The van der Waals surface area contributed by atoms with Gasteiger partial charge in [-0.1, -0.05) is 41.9 Å². The third-order valence-electron chi connectivity index (χ3n) is 3.00. The fourth-order valence-corrected chi connectivity index (χ4v) is 3.37. The van der Waals surface area contributed by atoms with Gasteiger partial charge in [0.1, 0.15) is 0 Å². The number of halogens is 1. The maximum absolute atomic E-state index is 6.15. The molecule has 2 aromatic carbocycles. The number of hydrogen-bond acceptors (Lipinski definition) is 2. The Labute approximate surface area is 124 Å². The van der Waals surface area contributed by atoms with Crippen LogP contribution >= 0.6 is 23.4 Å². The van der Waals surface area contributed by atoms with Crippen LogP contribution in [0.3, 0.4) is 0 Å². The Morgan fingerprint density at radius 3 is 2.47 bits per heavy atom. The molecule has 0 saturated carbocycles. The molecule has 0 aromatic heterocycles. The summed E-state index contributed by atoms with van der Waals surface area (Å²) in [5, 5.41) is 0.966. The van der Waals surface area contributed by atoms with Crippen molar-refractivity contribution in [2.75, 3.05) is 0 Å². The molecule has 19 heavy (non-hydrogen) atoms. The second-order valence-electron chi connectivity index (χ2n) is 4.72. The molecule has 3 heteroatoms. The van der Waals surface area contributed by atoms with E-state index in [0.717, 1.165) is 5.02 Å². The molecule has 100 valence electrons. The molecular formula is C16H18ClNS. The van der Waals surface area contributed by atoms with Crippen LogP contribution in [-0.2, 0) is 0 Å². The molecule has 2 N–H and O–H groups in total. The molecule has 2 atom stereocenters. The highest BCUT2D eigenvalue weighted by Gasteiger charge is 2.18. The Hall–Kier alpha value is -0.960. The van der Waals surface area contributed by atoms with Gasteiger partial charge in [0.2, 0.25) is 0 Å². The van der Waals surface area contributed by atoms with Gasteiger partial charge in [-0.15, -0.1) is 11.8 Å². The summed E-state index contributed by atoms with van der Waals surface area (Å²) in [7, 11) is 0. The molecule has 0 saturated heterocycles. The third-order valence-corrected chi connectivity index (χ3v) is 4.90. The number of benzene rings is 2. The van der Waals surface area contributed by atoms with Crippen LogP contribution in [0.5, 0.6) is 0 Å². The van der Waals surface area contributed by atoms with Gasteiger partial charge in [0.15, 0.2) is 0 Å². The number of hydrogen-bond donors (Lipinski definition) is 1. The number of thioether (sulfide) groups is 1. The van der Waals surface area contributed by atoms with Crippen molar-refractivity contribution in [2.45, 2.75) is 30.0 Å². The zero-order valence-electron chi connectivity index (χ0n) is 11.1. The standard InChI is InChI=1S/C16H18ClNS/c1-11-6-3-4-9-15(11)19-16(12(2)18)13-7-5-8-14(17)10-13/h3-10,12,16H,18H2,1-2H3. The van der Waals surface area contributed by atoms with Crippen LogP contribution in [0.2, 0.25) is 5.02 Å². The van der Waals surface area contributed by atoms with Crippen LogP contribution in [0.4, 0.5) is 0 Å². The summed E-state index contributed by atoms with van der Waals surface area (Å²) in [5.41, 5.74) is 8.61. The lowest BCUT2D eigenvalue weighted by Crippen LogP contribution is -2.22. The highest BCUT2D eigenvalue weighted by atomic mass is 35.5. The van der Waals surface area contributed by atoms with Crippen molar-refractivity contribution >= 4 is 23.4 Å². The second kappa shape index (κ2) is 6.47. The Bertz CT molecular complexity index is 554. The van der Waals surface area contributed by atoms with Crippen molar-refractivity contribution in [3.05, 3.63) is 64.7 Å². The molecule has 2 rings (SSSR count). The number of aryl methyl sites for hydroxylation is 1. The summed E-state index contributed by atoms with van der Waals surface area (Å²) in [6, 6.07) is 16.4. The molecule has 0 fully saturated rings. The van der Waals surface area contributed by atoms with E-state index in [1.165, 1.54) is 16.0 Å². The molecule has 0 heterocycles. The first-order valence-electron chi connectivity index (χ1n) is 6.31. The maximum atomic E-state index is 6.15. The minimum absolute atomic E-state index is 0.0584. The van der Waals surface area contributed by atoms with Gasteiger partial charge >= 0.3 is 0 Å². The van der Waals surface area contributed by atoms with Gasteiger partial charge in [-0.25, -0.2) is 0 Å². The fraction of sp³-hybridized carbons (Fsp3) is 0.250. The molecule has 0 radical (unpaired) electrons. The van der Waals surface area contributed by atoms with Crippen molar-refractivity contribution in [1.29, 1.82) is 0 Å². The van der Waals surface area contributed by atoms with Crippen LogP contribution in [0.25, 0.3) is 0 Å². The summed E-state index contributed by atoms with van der Waals surface area (Å²) in [6.07, 6.45) is 0. The lowest BCUT2D eigenvalue weighted by Gasteiger charge is -2.22. The first-order chi connectivity index (χ1) is 9.08. The highest BCUT2D eigenvalue weighted by molar-refractivity contribution is 7.99. The molecule has 0 bridgehead atoms. The maximum Gasteiger partial charge on any atom is 0.0493 e. The lowest BCUT2D eigenvalue weighted by molar-refractivity contribution is 0.721. The fourth-order valence-electron chi connectivity index (χ4n) is 1.99. The van der Waals surface area contributed by atoms with Gasteiger partial charge in [0.25, 0.3) is 0 Å². The van der Waals surface area contributed by atoms with Gasteiger partial charge in [-0.05, 0) is 43.2 Å². The van der Waals surface area contributed by atoms with Gasteiger partial charge in [0, 0.05) is 21.2 Å². The Kier molecular flexibility index (Phi) is 4.92. The molecule has 0 aliphatic carbocycles. The summed E-state index contributed by atoms with van der Waals surface area (Å²) in [4.78, 5) is 1.27. The van der Waals surface area contributed by atoms with Gasteiger partial charge < -0.3 is 5.73 Å². The van der Waals surface area contributed by atoms with E-state index >= 15 is 0 Å². The van der Waals surface area contributed by atoms with E-state index in [-0.39, 0.29) is 11.3 Å². The van der Waals surface area contributed by atoms with Crippen LogP contribution in [-0.4, -0.2) is 6.04 Å². The molecular weight excluding hydrogens is 274 g/mol. The normalized spacial score (nSPS) is 14.1. The summed E-state index contributed by atoms with van der Waals surface area (Å²) < 4.78 is 0. The molecule has 2 unspecified atom stereocenters. The summed E-state index contributed by atoms with van der Waals surface area (Å²) in [5.74, 6) is 0. The van der Waals surface area contributed by atoms with Gasteiger partial charge in [-0.3, -0.25) is 0 Å². The number of nitrogens with two attached hydrogens (primary N) is 1. The molecule has 2 aromatic rings. The van der Waals surface area contributed by atoms with Crippen molar-refractivity contribution < 1.29 is 0 Å². The van der Waals surface area contributed by atoms with E-state index in [9.17, 15) is 0 Å². The molecule has 0 amide bonds. The average molecular weight is 292 g/mol. The highest BCUT2D eigenvalue weighted by Crippen LogP contribution is 2.39. The molecule has 1 nitrogen and oxygen atoms in total. The van der Waals surface area contributed by atoms with Crippen molar-refractivity contribution in [2.24, 2.45) is 5.73 Å². The zero-order chi connectivity index (χ0) is 13.8. The minimum Gasteiger partial charge on any atom is -0.327 e. The van der Waals surface area contributed by atoms with Crippen LogP contribution < -0.4 is 5.73 Å². The summed E-state index contributed by atoms with van der Waals surface area (Å²) >= 11 is 7.88. The monoisotopic (exact) mass is 291 g/mol. The Morgan fingerprint density at radius 2 is 1.84 bits per heavy atom. The predicted octanol–water partition coefficient (Wildman–Crippen LogP) is 4.83. The first kappa shape index (κ1) is 14.4. The Morgan fingerprint density at radius 1 is 1.11 bits per heavy atom. The van der Waals surface area contributed by atoms with E-state index in [4.69, 9.17) is 17.3 Å². The van der Waals surface area contributed by atoms with Gasteiger partial charge in [-0.2, -0.15) is 0 Å². The molecule has 0 spiro atoms. The molecule has 0 aliphatic rings. The quantitative estimate of drug-likeness (QED) is 0.817. The minimum atomic E-state index is 0.0584. The first-order valence-corrected chi connectivity index (χ1v) is 7.57. The smallest absolute Gasteiger partial charge is 0.0493 e. The van der Waals surface area contributed by atoms with E-state index in [0.29, 0.717) is 0 Å². The van der Waals surface area contributed by atoms with Crippen molar-refractivity contribution in [1.82, 2.24) is 0 Å². The largest absolute Gasteiger partial charge is 0.327 e. The summed E-state index contributed by atoms with van der Waals surface area (Å²) in [6.45, 7) is 4.16. The zero-order valence-corrected chi connectivity index (χ0v) is 12.7. The van der Waals surface area contributed by atoms with E-state index in [2.05, 4.69) is 37.3 Å². The van der Waals surface area contributed by atoms with E-state index in [1.54, 1.807) is 11.8 Å². The second-order valence-corrected chi connectivity index (χ2v) is 6.34. The SMILES string of the molecule is Cc1ccccc1SC(c1cccc(Cl)c1)C(C)N. The van der Waals surface area contributed by atoms with Crippen LogP contribution in [0.15, 0.2) is 53.4 Å². The van der Waals surface area contributed by atoms with Gasteiger partial charge in [0.05, 0.1) is 0 Å². The molecule has 0 aliphatic heterocycles. The Balaban J connectivity index is 2.29.